The van der Waals surface area contributed by atoms with Crippen LogP contribution < -0.4 is 4.90 Å². The Balaban J connectivity index is 1.75. The van der Waals surface area contributed by atoms with Gasteiger partial charge in [-0.2, -0.15) is 0 Å². The maximum absolute atomic E-state index is 9.08. The number of nitrogens with zero attached hydrogens (tertiary/aromatic N) is 1. The van der Waals surface area contributed by atoms with Gasteiger partial charge in [-0.1, -0.05) is 23.7 Å². The fourth-order valence-corrected chi connectivity index (χ4v) is 3.08. The van der Waals surface area contributed by atoms with E-state index in [1.54, 1.807) is 0 Å². The third-order valence-electron chi connectivity index (χ3n) is 3.78. The molecule has 0 radical (unpaired) electrons. The monoisotopic (exact) mass is 223 g/mol. The molecule has 1 N–H and O–H groups in total. The van der Waals surface area contributed by atoms with Crippen LogP contribution in [0.2, 0.25) is 5.02 Å². The second-order valence-electron chi connectivity index (χ2n) is 4.53. The predicted octanol–water partition coefficient (Wildman–Crippen LogP) is 2.01. The fourth-order valence-electron chi connectivity index (χ4n) is 2.83. The Kier molecular flexibility index (Phi) is 2.15. The third kappa shape index (κ3) is 1.44. The Morgan fingerprint density at radius 2 is 1.93 bits per heavy atom. The summed E-state index contributed by atoms with van der Waals surface area (Å²) in [5, 5.41) is 9.91. The summed E-state index contributed by atoms with van der Waals surface area (Å²) in [5.74, 6) is 1.96. The quantitative estimate of drug-likeness (QED) is 0.829. The minimum absolute atomic E-state index is 0.353. The first kappa shape index (κ1) is 9.49. The van der Waals surface area contributed by atoms with Crippen LogP contribution >= 0.6 is 11.6 Å². The number of para-hydroxylation sites is 1. The van der Waals surface area contributed by atoms with Crippen molar-refractivity contribution in [2.24, 2.45) is 17.8 Å². The molecule has 0 aromatic heterocycles. The molecule has 0 spiro atoms. The van der Waals surface area contributed by atoms with Gasteiger partial charge in [-0.3, -0.25) is 0 Å². The van der Waals surface area contributed by atoms with Crippen molar-refractivity contribution in [1.82, 2.24) is 0 Å². The zero-order chi connectivity index (χ0) is 10.4. The number of benzene rings is 1. The van der Waals surface area contributed by atoms with E-state index < -0.39 is 0 Å². The van der Waals surface area contributed by atoms with E-state index in [2.05, 4.69) is 11.0 Å². The molecule has 1 aromatic carbocycles. The number of aliphatic hydroxyl groups is 1. The summed E-state index contributed by atoms with van der Waals surface area (Å²) in [4.78, 5) is 2.34. The van der Waals surface area contributed by atoms with Crippen LogP contribution in [-0.2, 0) is 0 Å². The van der Waals surface area contributed by atoms with Crippen LogP contribution in [0.15, 0.2) is 24.3 Å². The van der Waals surface area contributed by atoms with E-state index >= 15 is 0 Å². The molecule has 2 fully saturated rings. The van der Waals surface area contributed by atoms with Crippen molar-refractivity contribution in [3.63, 3.8) is 0 Å². The highest BCUT2D eigenvalue weighted by atomic mass is 35.5. The predicted molar refractivity (Wildman–Crippen MR) is 61.2 cm³/mol. The molecule has 1 heterocycles. The van der Waals surface area contributed by atoms with E-state index in [1.165, 1.54) is 0 Å². The maximum Gasteiger partial charge on any atom is 0.0639 e. The zero-order valence-corrected chi connectivity index (χ0v) is 9.19. The Bertz CT molecular complexity index is 370. The molecule has 1 aliphatic carbocycles. The first-order valence-electron chi connectivity index (χ1n) is 5.41. The molecule has 1 saturated carbocycles. The lowest BCUT2D eigenvalue weighted by Gasteiger charge is -2.22. The van der Waals surface area contributed by atoms with Gasteiger partial charge < -0.3 is 10.0 Å². The molecular formula is C12H14ClNO. The van der Waals surface area contributed by atoms with Crippen LogP contribution in [0.3, 0.4) is 0 Å². The highest BCUT2D eigenvalue weighted by molar-refractivity contribution is 6.33. The van der Waals surface area contributed by atoms with Crippen molar-refractivity contribution in [2.75, 3.05) is 24.6 Å². The van der Waals surface area contributed by atoms with Crippen LogP contribution in [0.1, 0.15) is 0 Å². The Morgan fingerprint density at radius 3 is 2.53 bits per heavy atom. The molecule has 2 nitrogen and oxygen atoms in total. The van der Waals surface area contributed by atoms with E-state index in [1.807, 2.05) is 18.2 Å². The molecule has 1 aliphatic heterocycles. The molecule has 2 unspecified atom stereocenters. The molecular weight excluding hydrogens is 210 g/mol. The molecule has 0 amide bonds. The Morgan fingerprint density at radius 1 is 1.27 bits per heavy atom. The summed E-state index contributed by atoms with van der Waals surface area (Å²) < 4.78 is 0. The van der Waals surface area contributed by atoms with Crippen LogP contribution in [0.4, 0.5) is 5.69 Å². The van der Waals surface area contributed by atoms with E-state index in [-0.39, 0.29) is 0 Å². The van der Waals surface area contributed by atoms with Crippen molar-refractivity contribution in [2.45, 2.75) is 0 Å². The average molecular weight is 224 g/mol. The van der Waals surface area contributed by atoms with Crippen LogP contribution in [0, 0.1) is 17.8 Å². The largest absolute Gasteiger partial charge is 0.396 e. The fraction of sp³-hybridized carbons (Fsp3) is 0.500. The van der Waals surface area contributed by atoms with Gasteiger partial charge in [-0.05, 0) is 29.9 Å². The van der Waals surface area contributed by atoms with Gasteiger partial charge >= 0.3 is 0 Å². The van der Waals surface area contributed by atoms with Gasteiger partial charge in [0.2, 0.25) is 0 Å². The Hall–Kier alpha value is -0.730. The van der Waals surface area contributed by atoms with E-state index in [0.29, 0.717) is 24.4 Å². The molecule has 1 saturated heterocycles. The smallest absolute Gasteiger partial charge is 0.0639 e. The van der Waals surface area contributed by atoms with Crippen molar-refractivity contribution in [3.8, 4) is 0 Å². The number of hydrogen-bond donors (Lipinski definition) is 1. The molecule has 3 heteroatoms. The Labute approximate surface area is 94.5 Å². The number of fused-ring (bicyclic) bond motifs is 1. The minimum atomic E-state index is 0.353. The SMILES string of the molecule is OCC1C2CN(c3ccccc3Cl)CC12. The first-order valence-corrected chi connectivity index (χ1v) is 5.79. The van der Waals surface area contributed by atoms with E-state index in [9.17, 15) is 0 Å². The average Bonchev–Trinajstić information content (AvgIpc) is 2.72. The highest BCUT2D eigenvalue weighted by Gasteiger charge is 2.55. The standard InChI is InChI=1S/C12H14ClNO/c13-11-3-1-2-4-12(11)14-5-8-9(6-14)10(8)7-15/h1-4,8-10,15H,5-7H2. The number of hydrogen-bond acceptors (Lipinski definition) is 2. The maximum atomic E-state index is 9.08. The summed E-state index contributed by atoms with van der Waals surface area (Å²) in [6.45, 7) is 2.46. The summed E-state index contributed by atoms with van der Waals surface area (Å²) in [6.07, 6.45) is 0. The van der Waals surface area contributed by atoms with E-state index in [4.69, 9.17) is 16.7 Å². The number of piperidine rings is 1. The molecule has 2 aliphatic rings. The lowest BCUT2D eigenvalue weighted by atomic mass is 10.2. The lowest BCUT2D eigenvalue weighted by molar-refractivity contribution is 0.260. The van der Waals surface area contributed by atoms with Crippen LogP contribution in [-0.4, -0.2) is 24.8 Å². The van der Waals surface area contributed by atoms with Gasteiger partial charge in [0.25, 0.3) is 0 Å². The van der Waals surface area contributed by atoms with Crippen LogP contribution in [0.25, 0.3) is 0 Å². The van der Waals surface area contributed by atoms with Gasteiger partial charge in [0, 0.05) is 19.7 Å². The van der Waals surface area contributed by atoms with Gasteiger partial charge in [0.15, 0.2) is 0 Å². The second kappa shape index (κ2) is 3.39. The van der Waals surface area contributed by atoms with Crippen molar-refractivity contribution < 1.29 is 5.11 Å². The lowest BCUT2D eigenvalue weighted by Crippen LogP contribution is -2.24. The molecule has 0 bridgehead atoms. The highest BCUT2D eigenvalue weighted by Crippen LogP contribution is 2.52. The normalized spacial score (nSPS) is 32.9. The summed E-state index contributed by atoms with van der Waals surface area (Å²) in [7, 11) is 0. The van der Waals surface area contributed by atoms with Gasteiger partial charge in [-0.15, -0.1) is 0 Å². The molecule has 2 atom stereocenters. The number of anilines is 1. The van der Waals surface area contributed by atoms with Crippen LogP contribution in [0.5, 0.6) is 0 Å². The van der Waals surface area contributed by atoms with Crippen molar-refractivity contribution in [1.29, 1.82) is 0 Å². The topological polar surface area (TPSA) is 23.5 Å². The third-order valence-corrected chi connectivity index (χ3v) is 4.09. The summed E-state index contributed by atoms with van der Waals surface area (Å²) >= 11 is 6.15. The molecule has 15 heavy (non-hydrogen) atoms. The van der Waals surface area contributed by atoms with Crippen molar-refractivity contribution >= 4 is 17.3 Å². The summed E-state index contributed by atoms with van der Waals surface area (Å²) in [6, 6.07) is 7.99. The zero-order valence-electron chi connectivity index (χ0n) is 8.44. The number of halogens is 1. The van der Waals surface area contributed by atoms with E-state index in [0.717, 1.165) is 23.8 Å². The van der Waals surface area contributed by atoms with Gasteiger partial charge in [-0.25, -0.2) is 0 Å². The van der Waals surface area contributed by atoms with Gasteiger partial charge in [0.1, 0.15) is 0 Å². The molecule has 80 valence electrons. The molecule has 1 aromatic rings. The summed E-state index contributed by atoms with van der Waals surface area (Å²) in [5.41, 5.74) is 1.14. The van der Waals surface area contributed by atoms with Crippen molar-refractivity contribution in [3.05, 3.63) is 29.3 Å². The van der Waals surface area contributed by atoms with Gasteiger partial charge in [0.05, 0.1) is 10.7 Å². The number of rotatable bonds is 2. The number of aliphatic hydroxyl groups excluding tert-OH is 1. The minimum Gasteiger partial charge on any atom is -0.396 e. The molecule has 3 rings (SSSR count). The first-order chi connectivity index (χ1) is 7.31. The second-order valence-corrected chi connectivity index (χ2v) is 4.94.